The fraction of sp³-hybridized carbons (Fsp3) is 0.636. The lowest BCUT2D eigenvalue weighted by Crippen LogP contribution is -2.57. The summed E-state index contributed by atoms with van der Waals surface area (Å²) in [6.07, 6.45) is 0. The van der Waals surface area contributed by atoms with Crippen molar-refractivity contribution < 1.29 is 18.7 Å². The number of nitrogens with zero attached hydrogens (tertiary/aromatic N) is 3. The smallest absolute Gasteiger partial charge is 0.319 e. The lowest BCUT2D eigenvalue weighted by molar-refractivity contribution is -0.132. The van der Waals surface area contributed by atoms with E-state index in [1.54, 1.807) is 14.0 Å². The Labute approximate surface area is 115 Å². The highest BCUT2D eigenvalue weighted by Crippen LogP contribution is 2.17. The number of anilines is 1. The number of imide groups is 1. The first-order valence-electron chi connectivity index (χ1n) is 6.24. The van der Waals surface area contributed by atoms with E-state index >= 15 is 0 Å². The largest absolute Gasteiger partial charge is 0.407 e. The minimum Gasteiger partial charge on any atom is -0.407 e. The summed E-state index contributed by atoms with van der Waals surface area (Å²) in [5.74, 6) is -0.368. The number of methoxy groups -OCH3 is 1. The Balaban J connectivity index is 1.97. The Morgan fingerprint density at radius 3 is 3.05 bits per heavy atom. The van der Waals surface area contributed by atoms with Gasteiger partial charge >= 0.3 is 6.01 Å². The second-order valence-corrected chi connectivity index (χ2v) is 4.36. The van der Waals surface area contributed by atoms with Crippen molar-refractivity contribution in [2.24, 2.45) is 0 Å². The molecule has 1 atom stereocenters. The Morgan fingerprint density at radius 2 is 2.30 bits per heavy atom. The van der Waals surface area contributed by atoms with Crippen molar-refractivity contribution in [3.63, 3.8) is 0 Å². The van der Waals surface area contributed by atoms with Crippen molar-refractivity contribution in [1.29, 1.82) is 0 Å². The minimum atomic E-state index is -0.526. The second kappa shape index (κ2) is 6.44. The van der Waals surface area contributed by atoms with Crippen LogP contribution in [0.3, 0.4) is 0 Å². The van der Waals surface area contributed by atoms with Crippen molar-refractivity contribution >= 4 is 17.8 Å². The third-order valence-electron chi connectivity index (χ3n) is 2.88. The molecule has 2 N–H and O–H groups in total. The average Bonchev–Trinajstić information content (AvgIpc) is 2.87. The number of carbonyl (C=O) groups excluding carboxylic acids is 2. The number of piperazine rings is 1. The molecule has 110 valence electrons. The quantitative estimate of drug-likeness (QED) is 0.487. The predicted octanol–water partition coefficient (Wildman–Crippen LogP) is -1.34. The molecular weight excluding hydrogens is 266 g/mol. The van der Waals surface area contributed by atoms with E-state index in [0.29, 0.717) is 25.6 Å². The van der Waals surface area contributed by atoms with E-state index in [0.717, 1.165) is 0 Å². The lowest BCUT2D eigenvalue weighted by atomic mass is 10.2. The number of hydrogen-bond donors (Lipinski definition) is 2. The molecule has 1 aliphatic rings. The number of amides is 2. The fourth-order valence-corrected chi connectivity index (χ4v) is 1.75. The molecule has 1 aliphatic heterocycles. The van der Waals surface area contributed by atoms with Gasteiger partial charge in [-0.15, -0.1) is 5.10 Å². The van der Waals surface area contributed by atoms with E-state index in [4.69, 9.17) is 9.15 Å². The molecule has 1 aromatic rings. The van der Waals surface area contributed by atoms with Gasteiger partial charge in [0.25, 0.3) is 0 Å². The molecule has 9 nitrogen and oxygen atoms in total. The van der Waals surface area contributed by atoms with Crippen molar-refractivity contribution in [3.8, 4) is 0 Å². The average molecular weight is 283 g/mol. The van der Waals surface area contributed by atoms with Crippen molar-refractivity contribution in [2.75, 3.05) is 31.7 Å². The summed E-state index contributed by atoms with van der Waals surface area (Å²) in [4.78, 5) is 24.4. The van der Waals surface area contributed by atoms with E-state index in [9.17, 15) is 9.59 Å². The van der Waals surface area contributed by atoms with Crippen LogP contribution in [0.15, 0.2) is 4.42 Å². The zero-order valence-corrected chi connectivity index (χ0v) is 11.4. The normalized spacial score (nSPS) is 19.3. The van der Waals surface area contributed by atoms with Gasteiger partial charge in [-0.1, -0.05) is 5.10 Å². The van der Waals surface area contributed by atoms with E-state index in [-0.39, 0.29) is 24.4 Å². The highest BCUT2D eigenvalue weighted by molar-refractivity contribution is 6.03. The van der Waals surface area contributed by atoms with Gasteiger partial charge in [-0.2, -0.15) is 0 Å². The maximum absolute atomic E-state index is 11.5. The van der Waals surface area contributed by atoms with Crippen molar-refractivity contribution in [1.82, 2.24) is 20.8 Å². The van der Waals surface area contributed by atoms with Gasteiger partial charge < -0.3 is 19.4 Å². The van der Waals surface area contributed by atoms with Gasteiger partial charge in [0.15, 0.2) is 0 Å². The Morgan fingerprint density at radius 1 is 1.50 bits per heavy atom. The Hall–Kier alpha value is -2.00. The molecule has 1 aromatic heterocycles. The Kier molecular flexibility index (Phi) is 4.64. The summed E-state index contributed by atoms with van der Waals surface area (Å²) < 4.78 is 10.3. The van der Waals surface area contributed by atoms with E-state index in [2.05, 4.69) is 20.8 Å². The molecule has 0 bridgehead atoms. The molecule has 9 heteroatoms. The van der Waals surface area contributed by atoms with Crippen LogP contribution in [0.2, 0.25) is 0 Å². The standard InChI is InChI=1S/C11H17N5O4/c1-7-10(18)13-8(17)6-16(7)11-15-14-9(20-11)5-12-3-4-19-2/h7,12H,3-6H2,1-2H3,(H,13,17,18). The SMILES string of the molecule is COCCNCc1nnc(N2CC(=O)NC(=O)C2C)o1. The second-order valence-electron chi connectivity index (χ2n) is 4.36. The van der Waals surface area contributed by atoms with Crippen LogP contribution >= 0.6 is 0 Å². The summed E-state index contributed by atoms with van der Waals surface area (Å²) in [5, 5.41) is 13.0. The molecule has 0 saturated carbocycles. The molecule has 2 amide bonds. The topological polar surface area (TPSA) is 110 Å². The summed E-state index contributed by atoms with van der Waals surface area (Å²) in [6.45, 7) is 3.33. The van der Waals surface area contributed by atoms with Gasteiger partial charge in [-0.25, -0.2) is 0 Å². The van der Waals surface area contributed by atoms with Gasteiger partial charge in [0.1, 0.15) is 12.6 Å². The van der Waals surface area contributed by atoms with E-state index < -0.39 is 6.04 Å². The molecule has 1 saturated heterocycles. The van der Waals surface area contributed by atoms with Crippen LogP contribution in [0.4, 0.5) is 6.01 Å². The van der Waals surface area contributed by atoms with Crippen LogP contribution in [0.1, 0.15) is 12.8 Å². The number of ether oxygens (including phenoxy) is 1. The van der Waals surface area contributed by atoms with E-state index in [1.807, 2.05) is 0 Å². The van der Waals surface area contributed by atoms with Gasteiger partial charge in [0, 0.05) is 13.7 Å². The van der Waals surface area contributed by atoms with Crippen molar-refractivity contribution in [3.05, 3.63) is 5.89 Å². The molecule has 0 radical (unpaired) electrons. The van der Waals surface area contributed by atoms with E-state index in [1.165, 1.54) is 4.90 Å². The maximum atomic E-state index is 11.5. The zero-order chi connectivity index (χ0) is 14.5. The summed E-state index contributed by atoms with van der Waals surface area (Å²) >= 11 is 0. The molecule has 2 rings (SSSR count). The molecule has 20 heavy (non-hydrogen) atoms. The number of aromatic nitrogens is 2. The molecule has 0 aliphatic carbocycles. The van der Waals surface area contributed by atoms with Crippen LogP contribution in [0, 0.1) is 0 Å². The van der Waals surface area contributed by atoms with Crippen LogP contribution < -0.4 is 15.5 Å². The first kappa shape index (κ1) is 14.4. The fourth-order valence-electron chi connectivity index (χ4n) is 1.75. The highest BCUT2D eigenvalue weighted by atomic mass is 16.5. The number of rotatable bonds is 6. The molecule has 1 fully saturated rings. The highest BCUT2D eigenvalue weighted by Gasteiger charge is 2.33. The molecule has 1 unspecified atom stereocenters. The zero-order valence-electron chi connectivity index (χ0n) is 11.4. The van der Waals surface area contributed by atoms with Crippen LogP contribution in [-0.4, -0.2) is 54.9 Å². The van der Waals surface area contributed by atoms with Gasteiger partial charge in [-0.05, 0) is 6.92 Å². The van der Waals surface area contributed by atoms with Crippen LogP contribution in [-0.2, 0) is 20.9 Å². The first-order chi connectivity index (χ1) is 9.61. The minimum absolute atomic E-state index is 0.0195. The van der Waals surface area contributed by atoms with Crippen molar-refractivity contribution in [2.45, 2.75) is 19.5 Å². The van der Waals surface area contributed by atoms with Crippen LogP contribution in [0.5, 0.6) is 0 Å². The molecule has 0 aromatic carbocycles. The predicted molar refractivity (Wildman–Crippen MR) is 67.8 cm³/mol. The lowest BCUT2D eigenvalue weighted by Gasteiger charge is -2.29. The number of hydrogen-bond acceptors (Lipinski definition) is 8. The summed E-state index contributed by atoms with van der Waals surface area (Å²) in [7, 11) is 1.62. The van der Waals surface area contributed by atoms with Gasteiger partial charge in [0.05, 0.1) is 13.2 Å². The first-order valence-corrected chi connectivity index (χ1v) is 6.24. The third-order valence-corrected chi connectivity index (χ3v) is 2.88. The summed E-state index contributed by atoms with van der Waals surface area (Å²) in [6, 6.07) is -0.355. The number of carbonyl (C=O) groups is 2. The Bertz CT molecular complexity index is 489. The maximum Gasteiger partial charge on any atom is 0.319 e. The van der Waals surface area contributed by atoms with Gasteiger partial charge in [-0.3, -0.25) is 14.9 Å². The molecule has 0 spiro atoms. The monoisotopic (exact) mass is 283 g/mol. The molecule has 2 heterocycles. The third kappa shape index (κ3) is 3.31. The van der Waals surface area contributed by atoms with Crippen LogP contribution in [0.25, 0.3) is 0 Å². The molecular formula is C11H17N5O4. The van der Waals surface area contributed by atoms with Gasteiger partial charge in [0.2, 0.25) is 17.7 Å². The summed E-state index contributed by atoms with van der Waals surface area (Å²) in [5.41, 5.74) is 0. The number of nitrogens with one attached hydrogen (secondary N) is 2.